The normalized spacial score (nSPS) is 15.1. The number of carbonyl (C=O) groups is 1. The lowest BCUT2D eigenvalue weighted by Gasteiger charge is -2.22. The Morgan fingerprint density at radius 1 is 1.03 bits per heavy atom. The molecule has 1 aliphatic heterocycles. The summed E-state index contributed by atoms with van der Waals surface area (Å²) in [4.78, 5) is 25.2. The van der Waals surface area contributed by atoms with Gasteiger partial charge >= 0.3 is 0 Å². The van der Waals surface area contributed by atoms with Crippen molar-refractivity contribution in [1.29, 1.82) is 0 Å². The van der Waals surface area contributed by atoms with E-state index in [1.54, 1.807) is 11.1 Å². The molecular weight excluding hydrogens is 366 g/mol. The van der Waals surface area contributed by atoms with E-state index in [1.807, 2.05) is 37.5 Å². The van der Waals surface area contributed by atoms with Gasteiger partial charge in [0.15, 0.2) is 5.82 Å². The van der Waals surface area contributed by atoms with E-state index < -0.39 is 0 Å². The van der Waals surface area contributed by atoms with Crippen LogP contribution in [0.5, 0.6) is 0 Å². The second kappa shape index (κ2) is 7.98. The van der Waals surface area contributed by atoms with E-state index in [2.05, 4.69) is 39.2 Å². The lowest BCUT2D eigenvalue weighted by Crippen LogP contribution is -2.30. The van der Waals surface area contributed by atoms with Gasteiger partial charge in [0.25, 0.3) is 0 Å². The summed E-state index contributed by atoms with van der Waals surface area (Å²) in [6.45, 7) is 6.42. The minimum absolute atomic E-state index is 0.176. The number of carbonyl (C=O) groups excluding carboxylic acids is 1. The van der Waals surface area contributed by atoms with E-state index in [1.165, 1.54) is 0 Å². The van der Waals surface area contributed by atoms with Crippen molar-refractivity contribution in [2.75, 3.05) is 36.9 Å². The van der Waals surface area contributed by atoms with E-state index in [0.717, 1.165) is 28.8 Å². The van der Waals surface area contributed by atoms with Gasteiger partial charge in [-0.3, -0.25) is 9.78 Å². The molecule has 4 rings (SSSR count). The molecule has 0 unspecified atom stereocenters. The van der Waals surface area contributed by atoms with Gasteiger partial charge in [0.1, 0.15) is 5.82 Å². The van der Waals surface area contributed by atoms with Crippen molar-refractivity contribution in [2.45, 2.75) is 26.2 Å². The summed E-state index contributed by atoms with van der Waals surface area (Å²) >= 11 is 0. The molecule has 1 aliphatic rings. The summed E-state index contributed by atoms with van der Waals surface area (Å²) in [7, 11) is 1.85. The van der Waals surface area contributed by atoms with Gasteiger partial charge in [-0.25, -0.2) is 4.98 Å². The third-order valence-electron chi connectivity index (χ3n) is 5.21. The molecule has 8 heteroatoms. The molecule has 1 N–H and O–H groups in total. The minimum Gasteiger partial charge on any atom is -0.368 e. The van der Waals surface area contributed by atoms with E-state index >= 15 is 0 Å². The lowest BCUT2D eigenvalue weighted by atomic mass is 10.1. The molecule has 3 aromatic heterocycles. The van der Waals surface area contributed by atoms with Crippen LogP contribution in [0.2, 0.25) is 0 Å². The number of pyridine rings is 2. The van der Waals surface area contributed by atoms with Crippen LogP contribution in [0.4, 0.5) is 17.3 Å². The average molecular weight is 391 g/mol. The van der Waals surface area contributed by atoms with Crippen molar-refractivity contribution in [3.8, 4) is 0 Å². The van der Waals surface area contributed by atoms with Crippen LogP contribution in [0.25, 0.3) is 11.0 Å². The Morgan fingerprint density at radius 2 is 1.90 bits per heavy atom. The molecule has 29 heavy (non-hydrogen) atoms. The molecule has 1 amide bonds. The Labute approximate surface area is 170 Å². The van der Waals surface area contributed by atoms with Crippen LogP contribution in [0.15, 0.2) is 36.7 Å². The highest BCUT2D eigenvalue weighted by Crippen LogP contribution is 2.23. The zero-order valence-electron chi connectivity index (χ0n) is 17.0. The third-order valence-corrected chi connectivity index (χ3v) is 5.21. The fourth-order valence-electron chi connectivity index (χ4n) is 3.32. The molecule has 150 valence electrons. The first-order valence-corrected chi connectivity index (χ1v) is 9.85. The van der Waals surface area contributed by atoms with Crippen molar-refractivity contribution in [2.24, 2.45) is 0 Å². The fraction of sp³-hybridized carbons (Fsp3) is 0.381. The molecule has 0 atom stereocenters. The molecule has 0 saturated carbocycles. The van der Waals surface area contributed by atoms with Crippen molar-refractivity contribution in [3.63, 3.8) is 0 Å². The van der Waals surface area contributed by atoms with E-state index in [4.69, 9.17) is 4.98 Å². The Balaban J connectivity index is 1.58. The van der Waals surface area contributed by atoms with Gasteiger partial charge in [-0.15, -0.1) is 5.10 Å². The Hall–Kier alpha value is -3.29. The van der Waals surface area contributed by atoms with Crippen molar-refractivity contribution >= 4 is 34.3 Å². The number of hydrogen-bond acceptors (Lipinski definition) is 7. The predicted molar refractivity (Wildman–Crippen MR) is 113 cm³/mol. The average Bonchev–Trinajstić information content (AvgIpc) is 2.89. The predicted octanol–water partition coefficient (Wildman–Crippen LogP) is 2.96. The SMILES string of the molecule is CC(C)c1cnnc(Nc2ccc3ncc(N4CCC(=O)N(C)CC4)cc3n2)c1. The maximum absolute atomic E-state index is 11.9. The molecular formula is C21H25N7O. The summed E-state index contributed by atoms with van der Waals surface area (Å²) < 4.78 is 0. The van der Waals surface area contributed by atoms with Crippen LogP contribution in [-0.4, -0.2) is 57.7 Å². The van der Waals surface area contributed by atoms with Crippen LogP contribution in [-0.2, 0) is 4.79 Å². The molecule has 4 heterocycles. The third kappa shape index (κ3) is 4.26. The molecule has 0 aromatic carbocycles. The first-order valence-electron chi connectivity index (χ1n) is 9.85. The quantitative estimate of drug-likeness (QED) is 0.731. The van der Waals surface area contributed by atoms with Crippen molar-refractivity contribution in [3.05, 3.63) is 42.2 Å². The molecule has 1 saturated heterocycles. The standard InChI is InChI=1S/C21H25N7O/c1-14(2)15-10-20(26-23-12-15)25-19-5-4-17-18(24-19)11-16(13-22-17)28-7-6-21(29)27(3)8-9-28/h4-5,10-14H,6-9H2,1-3H3,(H,24,25,26). The number of amides is 1. The van der Waals surface area contributed by atoms with Crippen molar-refractivity contribution < 1.29 is 4.79 Å². The maximum Gasteiger partial charge on any atom is 0.224 e. The maximum atomic E-state index is 11.9. The van der Waals surface area contributed by atoms with Crippen LogP contribution in [0, 0.1) is 0 Å². The van der Waals surface area contributed by atoms with Gasteiger partial charge in [0, 0.05) is 33.1 Å². The van der Waals surface area contributed by atoms with Crippen LogP contribution < -0.4 is 10.2 Å². The van der Waals surface area contributed by atoms with Crippen molar-refractivity contribution in [1.82, 2.24) is 25.1 Å². The number of likely N-dealkylation sites (N-methyl/N-ethyl adjacent to an activating group) is 1. The number of rotatable bonds is 4. The molecule has 1 fully saturated rings. The largest absolute Gasteiger partial charge is 0.368 e. The van der Waals surface area contributed by atoms with Crippen LogP contribution in [0.3, 0.4) is 0 Å². The van der Waals surface area contributed by atoms with E-state index in [-0.39, 0.29) is 5.91 Å². The van der Waals surface area contributed by atoms with E-state index in [9.17, 15) is 4.79 Å². The van der Waals surface area contributed by atoms with Gasteiger partial charge in [-0.05, 0) is 35.7 Å². The Morgan fingerprint density at radius 3 is 2.72 bits per heavy atom. The number of nitrogens with one attached hydrogen (secondary N) is 1. The first kappa shape index (κ1) is 19.0. The topological polar surface area (TPSA) is 87.1 Å². The van der Waals surface area contributed by atoms with Gasteiger partial charge in [-0.2, -0.15) is 5.10 Å². The molecule has 8 nitrogen and oxygen atoms in total. The zero-order valence-corrected chi connectivity index (χ0v) is 17.0. The highest BCUT2D eigenvalue weighted by atomic mass is 16.2. The summed E-state index contributed by atoms with van der Waals surface area (Å²) in [5.41, 5.74) is 3.72. The van der Waals surface area contributed by atoms with E-state index in [0.29, 0.717) is 37.1 Å². The number of hydrogen-bond donors (Lipinski definition) is 1. The number of anilines is 3. The van der Waals surface area contributed by atoms with Gasteiger partial charge in [0.2, 0.25) is 5.91 Å². The van der Waals surface area contributed by atoms with Gasteiger partial charge in [-0.1, -0.05) is 13.8 Å². The minimum atomic E-state index is 0.176. The fourth-order valence-corrected chi connectivity index (χ4v) is 3.32. The summed E-state index contributed by atoms with van der Waals surface area (Å²) in [6, 6.07) is 7.84. The molecule has 0 bridgehead atoms. The highest BCUT2D eigenvalue weighted by molar-refractivity contribution is 5.81. The summed E-state index contributed by atoms with van der Waals surface area (Å²) in [5, 5.41) is 11.5. The number of nitrogens with zero attached hydrogens (tertiary/aromatic N) is 6. The number of aromatic nitrogens is 4. The van der Waals surface area contributed by atoms with Gasteiger partial charge < -0.3 is 15.1 Å². The molecule has 0 aliphatic carbocycles. The highest BCUT2D eigenvalue weighted by Gasteiger charge is 2.18. The molecule has 0 spiro atoms. The molecule has 0 radical (unpaired) electrons. The Kier molecular flexibility index (Phi) is 5.24. The summed E-state index contributed by atoms with van der Waals surface area (Å²) in [6.07, 6.45) is 4.14. The smallest absolute Gasteiger partial charge is 0.224 e. The number of fused-ring (bicyclic) bond motifs is 1. The van der Waals surface area contributed by atoms with Gasteiger partial charge in [0.05, 0.1) is 29.1 Å². The zero-order chi connectivity index (χ0) is 20.4. The Bertz CT molecular complexity index is 1040. The monoisotopic (exact) mass is 391 g/mol. The lowest BCUT2D eigenvalue weighted by molar-refractivity contribution is -0.129. The first-order chi connectivity index (χ1) is 14.0. The van der Waals surface area contributed by atoms with Crippen LogP contribution >= 0.6 is 0 Å². The molecule has 3 aromatic rings. The van der Waals surface area contributed by atoms with Crippen LogP contribution in [0.1, 0.15) is 31.7 Å². The summed E-state index contributed by atoms with van der Waals surface area (Å²) in [5.74, 6) is 1.91. The second-order valence-electron chi connectivity index (χ2n) is 7.63. The second-order valence-corrected chi connectivity index (χ2v) is 7.63.